The van der Waals surface area contributed by atoms with E-state index in [2.05, 4.69) is 185 Å². The van der Waals surface area contributed by atoms with Crippen molar-refractivity contribution in [3.63, 3.8) is 0 Å². The summed E-state index contributed by atoms with van der Waals surface area (Å²) in [4.78, 5) is 2.45. The number of aromatic nitrogens is 1. The molecule has 11 aromatic rings. The van der Waals surface area contributed by atoms with Crippen LogP contribution < -0.4 is 4.90 Å². The van der Waals surface area contributed by atoms with E-state index in [1.54, 1.807) is 0 Å². The van der Waals surface area contributed by atoms with E-state index in [9.17, 15) is 0 Å². The van der Waals surface area contributed by atoms with Crippen LogP contribution in [0.5, 0.6) is 0 Å². The lowest BCUT2D eigenvalue weighted by molar-refractivity contribution is 0.672. The summed E-state index contributed by atoms with van der Waals surface area (Å²) in [7, 11) is 0. The van der Waals surface area contributed by atoms with Gasteiger partial charge in [-0.25, -0.2) is 0 Å². The molecule has 9 aromatic carbocycles. The van der Waals surface area contributed by atoms with Gasteiger partial charge in [-0.1, -0.05) is 127 Å². The van der Waals surface area contributed by atoms with Crippen LogP contribution >= 0.6 is 0 Å². The summed E-state index contributed by atoms with van der Waals surface area (Å²) in [5.41, 5.74) is 8.66. The lowest BCUT2D eigenvalue weighted by Gasteiger charge is -2.29. The number of fused-ring (bicyclic) bond motifs is 11. The second-order valence-corrected chi connectivity index (χ2v) is 13.3. The van der Waals surface area contributed by atoms with E-state index < -0.39 is 0 Å². The number of benzene rings is 9. The van der Waals surface area contributed by atoms with Crippen LogP contribution in [0.15, 0.2) is 186 Å². The second-order valence-electron chi connectivity index (χ2n) is 13.3. The Hall–Kier alpha value is -6.84. The number of hydrogen-bond donors (Lipinski definition) is 0. The van der Waals surface area contributed by atoms with Crippen LogP contribution in [-0.2, 0) is 0 Å². The van der Waals surface area contributed by atoms with Crippen LogP contribution in [0.25, 0.3) is 81.7 Å². The van der Waals surface area contributed by atoms with Gasteiger partial charge in [0.05, 0.1) is 22.4 Å². The van der Waals surface area contributed by atoms with Crippen molar-refractivity contribution in [2.75, 3.05) is 4.90 Å². The Morgan fingerprint density at radius 1 is 0.373 bits per heavy atom. The van der Waals surface area contributed by atoms with E-state index in [1.807, 2.05) is 6.07 Å². The topological polar surface area (TPSA) is 21.3 Å². The highest BCUT2D eigenvalue weighted by Gasteiger charge is 2.23. The normalized spacial score (nSPS) is 11.9. The molecule has 0 spiro atoms. The van der Waals surface area contributed by atoms with Crippen LogP contribution in [0.2, 0.25) is 0 Å². The van der Waals surface area contributed by atoms with Crippen LogP contribution in [-0.4, -0.2) is 4.57 Å². The van der Waals surface area contributed by atoms with E-state index >= 15 is 0 Å². The number of furan rings is 1. The number of nitrogens with zero attached hydrogens (tertiary/aromatic N) is 2. The quantitative estimate of drug-likeness (QED) is 0.177. The van der Waals surface area contributed by atoms with Gasteiger partial charge in [0, 0.05) is 49.1 Å². The van der Waals surface area contributed by atoms with Crippen molar-refractivity contribution >= 4 is 93.1 Å². The lowest BCUT2D eigenvalue weighted by Crippen LogP contribution is -2.11. The zero-order chi connectivity index (χ0) is 33.5. The van der Waals surface area contributed by atoms with Crippen molar-refractivity contribution in [1.29, 1.82) is 0 Å². The molecule has 0 atom stereocenters. The van der Waals surface area contributed by atoms with E-state index in [0.29, 0.717) is 0 Å². The Morgan fingerprint density at radius 3 is 1.59 bits per heavy atom. The Balaban J connectivity index is 1.22. The number of anilines is 3. The van der Waals surface area contributed by atoms with Gasteiger partial charge in [-0.3, -0.25) is 0 Å². The minimum Gasteiger partial charge on any atom is -0.455 e. The van der Waals surface area contributed by atoms with E-state index in [0.717, 1.165) is 55.5 Å². The van der Waals surface area contributed by atoms with Crippen molar-refractivity contribution in [3.8, 4) is 5.69 Å². The van der Waals surface area contributed by atoms with Crippen LogP contribution in [0.4, 0.5) is 17.1 Å². The molecule has 2 heterocycles. The molecule has 0 N–H and O–H groups in total. The summed E-state index contributed by atoms with van der Waals surface area (Å²) in [6.45, 7) is 0. The minimum atomic E-state index is 0.896. The first kappa shape index (κ1) is 28.0. The third-order valence-corrected chi connectivity index (χ3v) is 10.5. The highest BCUT2D eigenvalue weighted by molar-refractivity contribution is 6.21. The minimum absolute atomic E-state index is 0.896. The average Bonchev–Trinajstić information content (AvgIpc) is 3.74. The van der Waals surface area contributed by atoms with Crippen molar-refractivity contribution in [3.05, 3.63) is 182 Å². The van der Waals surface area contributed by atoms with E-state index in [-0.39, 0.29) is 0 Å². The highest BCUT2D eigenvalue weighted by atomic mass is 16.3. The summed E-state index contributed by atoms with van der Waals surface area (Å²) < 4.78 is 8.92. The lowest BCUT2D eigenvalue weighted by atomic mass is 9.97. The van der Waals surface area contributed by atoms with Gasteiger partial charge in [0.15, 0.2) is 0 Å². The molecule has 0 unspecified atom stereocenters. The maximum Gasteiger partial charge on any atom is 0.143 e. The Labute approximate surface area is 293 Å². The Bertz CT molecular complexity index is 3090. The van der Waals surface area contributed by atoms with Crippen molar-refractivity contribution in [2.45, 2.75) is 0 Å². The molecule has 0 radical (unpaired) electrons. The van der Waals surface area contributed by atoms with Gasteiger partial charge in [0.1, 0.15) is 11.2 Å². The second kappa shape index (κ2) is 10.8. The van der Waals surface area contributed by atoms with Crippen LogP contribution in [0, 0.1) is 0 Å². The zero-order valence-electron chi connectivity index (χ0n) is 27.6. The molecule has 2 aromatic heterocycles. The molecule has 0 aliphatic heterocycles. The van der Waals surface area contributed by atoms with E-state index in [1.165, 1.54) is 43.4 Å². The van der Waals surface area contributed by atoms with Crippen molar-refractivity contribution < 1.29 is 4.42 Å². The summed E-state index contributed by atoms with van der Waals surface area (Å²) in [5.74, 6) is 0. The first-order valence-corrected chi connectivity index (χ1v) is 17.4. The standard InChI is InChI=1S/C48H30N2O/c1-2-14-34-31(13-1)29-45(36-16-4-3-15-35(34)36)50(46-30-42-40-20-9-12-24-47(40)51-48(42)41-21-6-5-19-39(41)46)33-27-25-32(26-28-33)49-43-22-10-7-17-37(43)38-18-8-11-23-44(38)49/h1-30H. The smallest absolute Gasteiger partial charge is 0.143 e. The maximum absolute atomic E-state index is 6.55. The molecule has 0 saturated carbocycles. The summed E-state index contributed by atoms with van der Waals surface area (Å²) in [6.07, 6.45) is 0. The summed E-state index contributed by atoms with van der Waals surface area (Å²) in [5, 5.41) is 11.9. The third-order valence-electron chi connectivity index (χ3n) is 10.5. The summed E-state index contributed by atoms with van der Waals surface area (Å²) in [6, 6.07) is 65.6. The van der Waals surface area contributed by atoms with Crippen molar-refractivity contribution in [1.82, 2.24) is 4.57 Å². The van der Waals surface area contributed by atoms with Gasteiger partial charge in [0.25, 0.3) is 0 Å². The number of rotatable bonds is 4. The average molecular weight is 651 g/mol. The zero-order valence-corrected chi connectivity index (χ0v) is 27.6. The van der Waals surface area contributed by atoms with Gasteiger partial charge in [-0.2, -0.15) is 0 Å². The van der Waals surface area contributed by atoms with Crippen molar-refractivity contribution in [2.24, 2.45) is 0 Å². The SMILES string of the molecule is c1ccc2c(c1)cc(N(c1ccc(-n3c4ccccc4c4ccccc43)cc1)c1cc3c4ccccc4oc3c3ccccc13)c1ccccc12. The van der Waals surface area contributed by atoms with Crippen LogP contribution in [0.1, 0.15) is 0 Å². The largest absolute Gasteiger partial charge is 0.455 e. The van der Waals surface area contributed by atoms with Gasteiger partial charge in [-0.15, -0.1) is 0 Å². The molecular formula is C48H30N2O. The van der Waals surface area contributed by atoms with E-state index in [4.69, 9.17) is 4.42 Å². The van der Waals surface area contributed by atoms with Gasteiger partial charge >= 0.3 is 0 Å². The molecule has 0 saturated heterocycles. The van der Waals surface area contributed by atoms with Gasteiger partial charge in [0.2, 0.25) is 0 Å². The molecule has 0 fully saturated rings. The monoisotopic (exact) mass is 650 g/mol. The molecule has 0 aliphatic carbocycles. The highest BCUT2D eigenvalue weighted by Crippen LogP contribution is 2.47. The predicted octanol–water partition coefficient (Wildman–Crippen LogP) is 13.6. The maximum atomic E-state index is 6.55. The Morgan fingerprint density at radius 2 is 0.882 bits per heavy atom. The van der Waals surface area contributed by atoms with Crippen LogP contribution in [0.3, 0.4) is 0 Å². The first-order valence-electron chi connectivity index (χ1n) is 17.4. The molecule has 11 rings (SSSR count). The fourth-order valence-corrected chi connectivity index (χ4v) is 8.29. The molecule has 0 bridgehead atoms. The number of hydrogen-bond acceptors (Lipinski definition) is 2. The predicted molar refractivity (Wildman–Crippen MR) is 215 cm³/mol. The fourth-order valence-electron chi connectivity index (χ4n) is 8.29. The summed E-state index contributed by atoms with van der Waals surface area (Å²) >= 11 is 0. The molecular weight excluding hydrogens is 621 g/mol. The third kappa shape index (κ3) is 4.12. The Kier molecular flexibility index (Phi) is 5.96. The van der Waals surface area contributed by atoms with Gasteiger partial charge < -0.3 is 13.9 Å². The molecule has 0 aliphatic rings. The molecule has 0 amide bonds. The first-order chi connectivity index (χ1) is 25.3. The number of para-hydroxylation sites is 3. The molecule has 51 heavy (non-hydrogen) atoms. The molecule has 238 valence electrons. The van der Waals surface area contributed by atoms with Gasteiger partial charge in [-0.05, 0) is 70.8 Å². The molecule has 3 heteroatoms. The molecule has 3 nitrogen and oxygen atoms in total. The fraction of sp³-hybridized carbons (Fsp3) is 0.